The van der Waals surface area contributed by atoms with Crippen molar-refractivity contribution in [1.29, 1.82) is 0 Å². The van der Waals surface area contributed by atoms with E-state index in [0.717, 1.165) is 16.1 Å². The molecule has 1 aromatic carbocycles. The summed E-state index contributed by atoms with van der Waals surface area (Å²) in [6.07, 6.45) is 1.19. The molecule has 2 amide bonds. The Bertz CT molecular complexity index is 1000. The third-order valence-corrected chi connectivity index (χ3v) is 8.37. The Hall–Kier alpha value is -2.19. The fourth-order valence-electron chi connectivity index (χ4n) is 4.18. The molecule has 0 bridgehead atoms. The van der Waals surface area contributed by atoms with Crippen LogP contribution < -0.4 is 10.2 Å². The quantitative estimate of drug-likeness (QED) is 0.805. The first kappa shape index (κ1) is 20.1. The van der Waals surface area contributed by atoms with Gasteiger partial charge in [0.15, 0.2) is 9.84 Å². The van der Waals surface area contributed by atoms with Gasteiger partial charge in [0.1, 0.15) is 0 Å². The number of rotatable bonds is 4. The molecule has 3 atom stereocenters. The van der Waals surface area contributed by atoms with Gasteiger partial charge in [-0.05, 0) is 43.3 Å². The lowest BCUT2D eigenvalue weighted by molar-refractivity contribution is -0.129. The molecule has 2 aromatic rings. The van der Waals surface area contributed by atoms with Crippen molar-refractivity contribution in [3.63, 3.8) is 0 Å². The van der Waals surface area contributed by atoms with Gasteiger partial charge >= 0.3 is 0 Å². The second-order valence-corrected chi connectivity index (χ2v) is 11.0. The molecule has 0 spiro atoms. The van der Waals surface area contributed by atoms with E-state index in [4.69, 9.17) is 0 Å². The number of anilines is 1. The first-order chi connectivity index (χ1) is 13.8. The van der Waals surface area contributed by atoms with Crippen molar-refractivity contribution >= 4 is 38.7 Å². The highest BCUT2D eigenvalue weighted by atomic mass is 32.2. The lowest BCUT2D eigenvalue weighted by atomic mass is 9.86. The molecule has 0 aliphatic carbocycles. The van der Waals surface area contributed by atoms with Crippen molar-refractivity contribution in [3.05, 3.63) is 52.2 Å². The number of carbonyl (C=O) groups is 2. The van der Waals surface area contributed by atoms with E-state index in [1.165, 1.54) is 11.3 Å². The molecule has 8 heteroatoms. The van der Waals surface area contributed by atoms with Crippen LogP contribution in [0.4, 0.5) is 5.69 Å². The lowest BCUT2D eigenvalue weighted by Gasteiger charge is -2.40. The van der Waals surface area contributed by atoms with Crippen LogP contribution in [0, 0.1) is 12.8 Å². The average Bonchev–Trinajstić information content (AvgIpc) is 3.32. The second-order valence-electron chi connectivity index (χ2n) is 7.81. The van der Waals surface area contributed by atoms with Crippen LogP contribution in [0.2, 0.25) is 0 Å². The van der Waals surface area contributed by atoms with Crippen LogP contribution in [0.3, 0.4) is 0 Å². The Labute approximate surface area is 174 Å². The van der Waals surface area contributed by atoms with Gasteiger partial charge < -0.3 is 10.2 Å². The first-order valence-electron chi connectivity index (χ1n) is 9.77. The Balaban J connectivity index is 1.64. The fraction of sp³-hybridized carbons (Fsp3) is 0.429. The number of piperidine rings is 1. The summed E-state index contributed by atoms with van der Waals surface area (Å²) >= 11 is 1.53. The van der Waals surface area contributed by atoms with Gasteiger partial charge in [0.2, 0.25) is 11.8 Å². The maximum atomic E-state index is 13.2. The van der Waals surface area contributed by atoms with Crippen LogP contribution >= 0.6 is 11.3 Å². The molecule has 154 valence electrons. The number of benzene rings is 1. The summed E-state index contributed by atoms with van der Waals surface area (Å²) in [5, 5.41) is 4.89. The maximum absolute atomic E-state index is 13.2. The van der Waals surface area contributed by atoms with E-state index in [1.807, 2.05) is 48.7 Å². The zero-order valence-electron chi connectivity index (χ0n) is 16.2. The van der Waals surface area contributed by atoms with Crippen molar-refractivity contribution in [2.75, 3.05) is 16.4 Å². The molecule has 29 heavy (non-hydrogen) atoms. The second kappa shape index (κ2) is 7.91. The van der Waals surface area contributed by atoms with Gasteiger partial charge in [-0.25, -0.2) is 8.42 Å². The molecule has 6 nitrogen and oxygen atoms in total. The monoisotopic (exact) mass is 432 g/mol. The van der Waals surface area contributed by atoms with E-state index in [9.17, 15) is 18.0 Å². The van der Waals surface area contributed by atoms with E-state index in [-0.39, 0.29) is 35.8 Å². The highest BCUT2D eigenvalue weighted by molar-refractivity contribution is 7.91. The SMILES string of the molecule is Cc1ccc(N2C(=O)CC[C@H](C(=O)N[C@H]3CCS(=O)(=O)C3)[C@@H]2c2cccs2)cc1. The number of nitrogens with zero attached hydrogens (tertiary/aromatic N) is 1. The molecule has 3 heterocycles. The van der Waals surface area contributed by atoms with Crippen molar-refractivity contribution in [2.24, 2.45) is 5.92 Å². The minimum Gasteiger partial charge on any atom is -0.352 e. The van der Waals surface area contributed by atoms with Crippen molar-refractivity contribution in [2.45, 2.75) is 38.3 Å². The molecule has 2 aliphatic heterocycles. The van der Waals surface area contributed by atoms with Crippen LogP contribution in [0.5, 0.6) is 0 Å². The van der Waals surface area contributed by atoms with Gasteiger partial charge in [-0.2, -0.15) is 0 Å². The predicted octanol–water partition coefficient (Wildman–Crippen LogP) is 2.84. The normalized spacial score (nSPS) is 26.4. The number of nitrogens with one attached hydrogen (secondary N) is 1. The van der Waals surface area contributed by atoms with Gasteiger partial charge in [-0.3, -0.25) is 9.59 Å². The Morgan fingerprint density at radius 3 is 2.55 bits per heavy atom. The van der Waals surface area contributed by atoms with Crippen LogP contribution in [-0.2, 0) is 19.4 Å². The van der Waals surface area contributed by atoms with E-state index in [0.29, 0.717) is 12.8 Å². The van der Waals surface area contributed by atoms with E-state index >= 15 is 0 Å². The molecule has 2 saturated heterocycles. The van der Waals surface area contributed by atoms with Crippen LogP contribution in [-0.4, -0.2) is 37.8 Å². The summed E-state index contributed by atoms with van der Waals surface area (Å²) in [5.74, 6) is -0.480. The van der Waals surface area contributed by atoms with Crippen LogP contribution in [0.15, 0.2) is 41.8 Å². The third kappa shape index (κ3) is 4.23. The maximum Gasteiger partial charge on any atom is 0.227 e. The van der Waals surface area contributed by atoms with Crippen molar-refractivity contribution < 1.29 is 18.0 Å². The zero-order chi connectivity index (χ0) is 20.6. The summed E-state index contributed by atoms with van der Waals surface area (Å²) < 4.78 is 23.5. The number of amides is 2. The predicted molar refractivity (Wildman–Crippen MR) is 114 cm³/mol. The van der Waals surface area contributed by atoms with Gasteiger partial charge in [0.05, 0.1) is 23.5 Å². The Kier molecular flexibility index (Phi) is 5.48. The molecular weight excluding hydrogens is 408 g/mol. The largest absolute Gasteiger partial charge is 0.352 e. The highest BCUT2D eigenvalue weighted by Gasteiger charge is 2.43. The van der Waals surface area contributed by atoms with Gasteiger partial charge in [0, 0.05) is 23.0 Å². The standard InChI is InChI=1S/C21H24N2O4S2/c1-14-4-6-16(7-5-14)23-19(24)9-8-17(20(23)18-3-2-11-28-18)21(25)22-15-10-12-29(26,27)13-15/h2-7,11,15,17,20H,8-10,12-13H2,1H3,(H,22,25)/t15-,17-,20+/m0/s1. The molecule has 1 aromatic heterocycles. The summed E-state index contributed by atoms with van der Waals surface area (Å²) in [6.45, 7) is 1.99. The minimum atomic E-state index is -3.07. The zero-order valence-corrected chi connectivity index (χ0v) is 17.8. The molecule has 2 aliphatic rings. The van der Waals surface area contributed by atoms with Crippen molar-refractivity contribution in [1.82, 2.24) is 5.32 Å². The van der Waals surface area contributed by atoms with Crippen LogP contribution in [0.25, 0.3) is 0 Å². The van der Waals surface area contributed by atoms with Gasteiger partial charge in [-0.15, -0.1) is 11.3 Å². The summed E-state index contributed by atoms with van der Waals surface area (Å²) in [5.41, 5.74) is 1.88. The summed E-state index contributed by atoms with van der Waals surface area (Å²) in [7, 11) is -3.07. The highest BCUT2D eigenvalue weighted by Crippen LogP contribution is 2.41. The Morgan fingerprint density at radius 1 is 1.17 bits per heavy atom. The molecule has 1 N–H and O–H groups in total. The topological polar surface area (TPSA) is 83.6 Å². The van der Waals surface area contributed by atoms with E-state index in [2.05, 4.69) is 5.32 Å². The number of hydrogen-bond acceptors (Lipinski definition) is 5. The Morgan fingerprint density at radius 2 is 1.93 bits per heavy atom. The molecular formula is C21H24N2O4S2. The summed E-state index contributed by atoms with van der Waals surface area (Å²) in [4.78, 5) is 28.8. The number of sulfone groups is 1. The van der Waals surface area contributed by atoms with Crippen molar-refractivity contribution in [3.8, 4) is 0 Å². The first-order valence-corrected chi connectivity index (χ1v) is 12.5. The molecule has 0 saturated carbocycles. The summed E-state index contributed by atoms with van der Waals surface area (Å²) in [6, 6.07) is 10.9. The molecule has 0 radical (unpaired) electrons. The third-order valence-electron chi connectivity index (χ3n) is 5.66. The molecule has 4 rings (SSSR count). The van der Waals surface area contributed by atoms with Gasteiger partial charge in [-0.1, -0.05) is 23.8 Å². The molecule has 0 unspecified atom stereocenters. The van der Waals surface area contributed by atoms with Gasteiger partial charge in [0.25, 0.3) is 0 Å². The fourth-order valence-corrected chi connectivity index (χ4v) is 6.73. The smallest absolute Gasteiger partial charge is 0.227 e. The average molecular weight is 433 g/mol. The van der Waals surface area contributed by atoms with E-state index < -0.39 is 21.8 Å². The number of thiophene rings is 1. The number of hydrogen-bond donors (Lipinski definition) is 1. The van der Waals surface area contributed by atoms with Crippen LogP contribution in [0.1, 0.15) is 35.7 Å². The lowest BCUT2D eigenvalue weighted by Crippen LogP contribution is -2.50. The van der Waals surface area contributed by atoms with E-state index in [1.54, 1.807) is 4.90 Å². The number of aryl methyl sites for hydroxylation is 1. The minimum absolute atomic E-state index is 0.000234. The molecule has 2 fully saturated rings. The number of carbonyl (C=O) groups excluding carboxylic acids is 2.